The van der Waals surface area contributed by atoms with E-state index in [1.54, 1.807) is 6.92 Å². The Labute approximate surface area is 66.4 Å². The molecule has 1 fully saturated rings. The largest absolute Gasteiger partial charge is 0.475 e. The number of phosphoric acid groups is 1. The molecule has 0 spiro atoms. The van der Waals surface area contributed by atoms with Crippen LogP contribution in [0.25, 0.3) is 0 Å². The van der Waals surface area contributed by atoms with Crippen molar-refractivity contribution in [3.63, 3.8) is 0 Å². The van der Waals surface area contributed by atoms with E-state index in [0.717, 1.165) is 0 Å². The molecule has 0 aromatic carbocycles. The number of hydrogen-bond acceptors (Lipinski definition) is 4. The lowest BCUT2D eigenvalue weighted by molar-refractivity contribution is 0.0820. The zero-order valence-corrected chi connectivity index (χ0v) is 8.05. The van der Waals surface area contributed by atoms with Crippen molar-refractivity contribution in [2.75, 3.05) is 7.11 Å². The van der Waals surface area contributed by atoms with Crippen LogP contribution in [0.1, 0.15) is 20.8 Å². The Kier molecular flexibility index (Phi) is 2.14. The molecule has 4 nitrogen and oxygen atoms in total. The molecular weight excluding hydrogens is 167 g/mol. The summed E-state index contributed by atoms with van der Waals surface area (Å²) in [5.74, 6) is 0. The van der Waals surface area contributed by atoms with Gasteiger partial charge in [0.25, 0.3) is 0 Å². The topological polar surface area (TPSA) is 44.8 Å². The van der Waals surface area contributed by atoms with Crippen molar-refractivity contribution >= 4 is 7.82 Å². The lowest BCUT2D eigenvalue weighted by atomic mass is 10.0. The maximum absolute atomic E-state index is 11.3. The maximum Gasteiger partial charge on any atom is 0.475 e. The molecule has 0 radical (unpaired) electrons. The van der Waals surface area contributed by atoms with E-state index in [1.165, 1.54) is 7.11 Å². The fourth-order valence-electron chi connectivity index (χ4n) is 0.785. The summed E-state index contributed by atoms with van der Waals surface area (Å²) in [7, 11) is -1.91. The molecule has 0 amide bonds. The molecule has 0 aromatic rings. The molecule has 5 heteroatoms. The molecule has 1 heterocycles. The van der Waals surface area contributed by atoms with Gasteiger partial charge in [-0.25, -0.2) is 4.57 Å². The highest BCUT2D eigenvalue weighted by Gasteiger charge is 2.48. The van der Waals surface area contributed by atoms with Crippen LogP contribution in [0, 0.1) is 0 Å². The third-order valence-corrected chi connectivity index (χ3v) is 3.55. The average molecular weight is 180 g/mol. The third kappa shape index (κ3) is 1.64. The van der Waals surface area contributed by atoms with Crippen LogP contribution in [0.5, 0.6) is 0 Å². The second-order valence-corrected chi connectivity index (χ2v) is 4.73. The number of phosphoric ester groups is 1. The first-order valence-electron chi connectivity index (χ1n) is 3.44. The first-order chi connectivity index (χ1) is 4.90. The second kappa shape index (κ2) is 2.56. The van der Waals surface area contributed by atoms with Crippen LogP contribution in [-0.4, -0.2) is 18.8 Å². The first kappa shape index (κ1) is 9.20. The van der Waals surface area contributed by atoms with Crippen LogP contribution < -0.4 is 0 Å². The lowest BCUT2D eigenvalue weighted by Crippen LogP contribution is -2.29. The summed E-state index contributed by atoms with van der Waals surface area (Å²) in [5.41, 5.74) is -0.522. The summed E-state index contributed by atoms with van der Waals surface area (Å²) >= 11 is 0. The highest BCUT2D eigenvalue weighted by atomic mass is 31.2. The summed E-state index contributed by atoms with van der Waals surface area (Å²) < 4.78 is 26.1. The van der Waals surface area contributed by atoms with Crippen LogP contribution in [0.15, 0.2) is 0 Å². The van der Waals surface area contributed by atoms with E-state index in [0.29, 0.717) is 0 Å². The monoisotopic (exact) mass is 180 g/mol. The second-order valence-electron chi connectivity index (χ2n) is 3.07. The molecule has 66 valence electrons. The van der Waals surface area contributed by atoms with Crippen molar-refractivity contribution in [3.05, 3.63) is 0 Å². The Morgan fingerprint density at radius 2 is 2.09 bits per heavy atom. The normalized spacial score (nSPS) is 42.7. The molecule has 0 bridgehead atoms. The van der Waals surface area contributed by atoms with Crippen molar-refractivity contribution < 1.29 is 18.1 Å². The fraction of sp³-hybridized carbons (Fsp3) is 1.00. The van der Waals surface area contributed by atoms with Crippen molar-refractivity contribution in [1.29, 1.82) is 0 Å². The predicted molar refractivity (Wildman–Crippen MR) is 40.3 cm³/mol. The van der Waals surface area contributed by atoms with E-state index in [2.05, 4.69) is 4.52 Å². The minimum atomic E-state index is -3.23. The third-order valence-electron chi connectivity index (χ3n) is 1.84. The van der Waals surface area contributed by atoms with Gasteiger partial charge in [-0.1, -0.05) is 0 Å². The average Bonchev–Trinajstić information content (AvgIpc) is 2.04. The smallest absolute Gasteiger partial charge is 0.290 e. The van der Waals surface area contributed by atoms with Crippen LogP contribution in [-0.2, 0) is 18.1 Å². The van der Waals surface area contributed by atoms with Crippen molar-refractivity contribution in [2.24, 2.45) is 0 Å². The molecule has 1 saturated heterocycles. The van der Waals surface area contributed by atoms with E-state index >= 15 is 0 Å². The lowest BCUT2D eigenvalue weighted by Gasteiger charge is -2.17. The van der Waals surface area contributed by atoms with E-state index in [-0.39, 0.29) is 6.10 Å². The Bertz CT molecular complexity index is 201. The quantitative estimate of drug-likeness (QED) is 0.578. The van der Waals surface area contributed by atoms with Gasteiger partial charge in [0, 0.05) is 7.11 Å². The number of hydrogen-bond donors (Lipinski definition) is 0. The van der Waals surface area contributed by atoms with Gasteiger partial charge in [0.05, 0.1) is 6.10 Å². The molecule has 11 heavy (non-hydrogen) atoms. The molecule has 2 atom stereocenters. The predicted octanol–water partition coefficient (Wildman–Crippen LogP) is 1.95. The summed E-state index contributed by atoms with van der Waals surface area (Å²) in [5, 5.41) is 0. The zero-order chi connectivity index (χ0) is 8.70. The van der Waals surface area contributed by atoms with Gasteiger partial charge in [-0.3, -0.25) is 13.6 Å². The summed E-state index contributed by atoms with van der Waals surface area (Å²) in [6.07, 6.45) is -0.201. The fourth-order valence-corrected chi connectivity index (χ4v) is 2.35. The molecule has 1 aliphatic heterocycles. The molecule has 0 saturated carbocycles. The van der Waals surface area contributed by atoms with E-state index in [4.69, 9.17) is 9.05 Å². The molecular formula is C6H13O4P. The van der Waals surface area contributed by atoms with Gasteiger partial charge < -0.3 is 0 Å². The summed E-state index contributed by atoms with van der Waals surface area (Å²) in [6, 6.07) is 0. The van der Waals surface area contributed by atoms with Crippen molar-refractivity contribution in [2.45, 2.75) is 32.5 Å². The van der Waals surface area contributed by atoms with E-state index in [9.17, 15) is 4.57 Å². The van der Waals surface area contributed by atoms with Gasteiger partial charge in [0.15, 0.2) is 0 Å². The molecule has 0 N–H and O–H groups in total. The standard InChI is InChI=1S/C6H13O4P/c1-5-6(2,3)10-11(7,8-4)9-5/h5H,1-4H3. The van der Waals surface area contributed by atoms with Crippen LogP contribution in [0.3, 0.4) is 0 Å². The van der Waals surface area contributed by atoms with Gasteiger partial charge >= 0.3 is 7.82 Å². The molecule has 1 rings (SSSR count). The zero-order valence-electron chi connectivity index (χ0n) is 7.16. The van der Waals surface area contributed by atoms with Gasteiger partial charge in [0.2, 0.25) is 0 Å². The Balaban J connectivity index is 2.79. The van der Waals surface area contributed by atoms with Gasteiger partial charge in [-0.2, -0.15) is 0 Å². The van der Waals surface area contributed by atoms with Gasteiger partial charge in [-0.05, 0) is 20.8 Å². The minimum absolute atomic E-state index is 0.201. The molecule has 1 aliphatic rings. The molecule has 0 aliphatic carbocycles. The van der Waals surface area contributed by atoms with Crippen LogP contribution >= 0.6 is 7.82 Å². The highest BCUT2D eigenvalue weighted by molar-refractivity contribution is 7.48. The minimum Gasteiger partial charge on any atom is -0.290 e. The summed E-state index contributed by atoms with van der Waals surface area (Å²) in [4.78, 5) is 0. The van der Waals surface area contributed by atoms with Crippen LogP contribution in [0.4, 0.5) is 0 Å². The maximum atomic E-state index is 11.3. The Hall–Kier alpha value is 0.110. The van der Waals surface area contributed by atoms with Gasteiger partial charge in [-0.15, -0.1) is 0 Å². The highest BCUT2D eigenvalue weighted by Crippen LogP contribution is 2.60. The van der Waals surface area contributed by atoms with Crippen molar-refractivity contribution in [3.8, 4) is 0 Å². The Morgan fingerprint density at radius 3 is 2.27 bits per heavy atom. The van der Waals surface area contributed by atoms with Crippen molar-refractivity contribution in [1.82, 2.24) is 0 Å². The Morgan fingerprint density at radius 1 is 1.55 bits per heavy atom. The summed E-state index contributed by atoms with van der Waals surface area (Å²) in [6.45, 7) is 5.44. The van der Waals surface area contributed by atoms with Gasteiger partial charge in [0.1, 0.15) is 5.60 Å². The van der Waals surface area contributed by atoms with E-state index < -0.39 is 13.4 Å². The molecule has 0 aromatic heterocycles. The van der Waals surface area contributed by atoms with E-state index in [1.807, 2.05) is 13.8 Å². The first-order valence-corrected chi connectivity index (χ1v) is 4.90. The SMILES string of the molecule is COP1(=O)OC(C)C(C)(C)O1. The van der Waals surface area contributed by atoms with Crippen LogP contribution in [0.2, 0.25) is 0 Å². The number of rotatable bonds is 1. The molecule has 2 unspecified atom stereocenters.